The molecule has 1 aromatic carbocycles. The summed E-state index contributed by atoms with van der Waals surface area (Å²) in [5.74, 6) is -0.329. The summed E-state index contributed by atoms with van der Waals surface area (Å²) >= 11 is 0. The molecule has 0 unspecified atom stereocenters. The Labute approximate surface area is 79.1 Å². The first-order chi connectivity index (χ1) is 6.81. The molecule has 3 nitrogen and oxygen atoms in total. The molecule has 0 aliphatic carbocycles. The van der Waals surface area contributed by atoms with E-state index in [9.17, 15) is 9.18 Å². The number of carbonyl (C=O) groups excluding carboxylic acids is 1. The van der Waals surface area contributed by atoms with Crippen LogP contribution in [0.25, 0.3) is 11.3 Å². The Bertz CT molecular complexity index is 447. The van der Waals surface area contributed by atoms with Crippen molar-refractivity contribution in [2.75, 3.05) is 0 Å². The topological polar surface area (TPSA) is 43.1 Å². The van der Waals surface area contributed by atoms with Gasteiger partial charge in [0.15, 0.2) is 6.29 Å². The third kappa shape index (κ3) is 1.42. The van der Waals surface area contributed by atoms with Crippen LogP contribution in [-0.2, 0) is 0 Å². The fraction of sp³-hybridized carbons (Fsp3) is 0. The van der Waals surface area contributed by atoms with Gasteiger partial charge in [-0.1, -0.05) is 5.16 Å². The standard InChI is InChI=1S/C10H6FNO2/c11-9-3-1-7(2-4-9)10-8(5-13)6-14-12-10/h1-6H. The van der Waals surface area contributed by atoms with E-state index >= 15 is 0 Å². The SMILES string of the molecule is O=Cc1conc1-c1ccc(F)cc1. The van der Waals surface area contributed by atoms with Crippen molar-refractivity contribution in [3.63, 3.8) is 0 Å². The van der Waals surface area contributed by atoms with Crippen LogP contribution in [0.4, 0.5) is 4.39 Å². The van der Waals surface area contributed by atoms with E-state index in [0.29, 0.717) is 23.1 Å². The molecule has 0 bridgehead atoms. The first kappa shape index (κ1) is 8.62. The van der Waals surface area contributed by atoms with Gasteiger partial charge < -0.3 is 4.52 Å². The van der Waals surface area contributed by atoms with Gasteiger partial charge in [0.1, 0.15) is 17.8 Å². The molecule has 1 heterocycles. The Hall–Kier alpha value is -1.97. The molecule has 4 heteroatoms. The van der Waals surface area contributed by atoms with Gasteiger partial charge in [-0.25, -0.2) is 4.39 Å². The molecule has 0 fully saturated rings. The fourth-order valence-corrected chi connectivity index (χ4v) is 1.16. The summed E-state index contributed by atoms with van der Waals surface area (Å²) in [6, 6.07) is 5.69. The van der Waals surface area contributed by atoms with E-state index in [2.05, 4.69) is 9.68 Å². The number of hydrogen-bond donors (Lipinski definition) is 0. The zero-order chi connectivity index (χ0) is 9.97. The average Bonchev–Trinajstić information content (AvgIpc) is 2.67. The van der Waals surface area contributed by atoms with Crippen molar-refractivity contribution < 1.29 is 13.7 Å². The monoisotopic (exact) mass is 191 g/mol. The van der Waals surface area contributed by atoms with E-state index in [1.54, 1.807) is 12.1 Å². The molecule has 0 saturated heterocycles. The minimum atomic E-state index is -0.329. The molecule has 0 atom stereocenters. The van der Waals surface area contributed by atoms with Gasteiger partial charge >= 0.3 is 0 Å². The van der Waals surface area contributed by atoms with E-state index in [1.807, 2.05) is 0 Å². The second kappa shape index (κ2) is 3.41. The fourth-order valence-electron chi connectivity index (χ4n) is 1.16. The molecule has 2 aromatic rings. The van der Waals surface area contributed by atoms with Gasteiger partial charge in [0.2, 0.25) is 0 Å². The van der Waals surface area contributed by atoms with Crippen molar-refractivity contribution in [2.24, 2.45) is 0 Å². The quantitative estimate of drug-likeness (QED) is 0.684. The normalized spacial score (nSPS) is 10.1. The molecule has 2 rings (SSSR count). The van der Waals surface area contributed by atoms with Crippen molar-refractivity contribution in [2.45, 2.75) is 0 Å². The Morgan fingerprint density at radius 1 is 1.29 bits per heavy atom. The largest absolute Gasteiger partial charge is 0.363 e. The van der Waals surface area contributed by atoms with Crippen molar-refractivity contribution in [1.82, 2.24) is 5.16 Å². The van der Waals surface area contributed by atoms with Crippen LogP contribution in [0, 0.1) is 5.82 Å². The van der Waals surface area contributed by atoms with E-state index in [-0.39, 0.29) is 5.82 Å². The molecule has 0 amide bonds. The van der Waals surface area contributed by atoms with Crippen LogP contribution < -0.4 is 0 Å². The number of halogens is 1. The summed E-state index contributed by atoms with van der Waals surface area (Å²) in [4.78, 5) is 10.6. The van der Waals surface area contributed by atoms with Crippen LogP contribution in [0.15, 0.2) is 35.1 Å². The van der Waals surface area contributed by atoms with E-state index in [0.717, 1.165) is 0 Å². The van der Waals surface area contributed by atoms with E-state index in [1.165, 1.54) is 18.4 Å². The minimum Gasteiger partial charge on any atom is -0.363 e. The van der Waals surface area contributed by atoms with Crippen LogP contribution in [0.2, 0.25) is 0 Å². The molecule has 0 N–H and O–H groups in total. The maximum Gasteiger partial charge on any atom is 0.155 e. The molecular formula is C10H6FNO2. The molecule has 0 spiro atoms. The predicted molar refractivity (Wildman–Crippen MR) is 47.3 cm³/mol. The Balaban J connectivity index is 2.49. The van der Waals surface area contributed by atoms with Crippen LogP contribution in [0.3, 0.4) is 0 Å². The molecular weight excluding hydrogens is 185 g/mol. The molecule has 1 aromatic heterocycles. The van der Waals surface area contributed by atoms with Gasteiger partial charge in [-0.15, -0.1) is 0 Å². The van der Waals surface area contributed by atoms with Crippen LogP contribution in [-0.4, -0.2) is 11.4 Å². The molecule has 0 radical (unpaired) electrons. The second-order valence-corrected chi connectivity index (χ2v) is 2.74. The number of benzene rings is 1. The summed E-state index contributed by atoms with van der Waals surface area (Å²) in [6.07, 6.45) is 1.90. The Morgan fingerprint density at radius 2 is 2.00 bits per heavy atom. The van der Waals surface area contributed by atoms with Gasteiger partial charge in [0, 0.05) is 5.56 Å². The maximum atomic E-state index is 12.6. The molecule has 0 aliphatic heterocycles. The summed E-state index contributed by atoms with van der Waals surface area (Å²) in [5.41, 5.74) is 1.44. The highest BCUT2D eigenvalue weighted by molar-refractivity contribution is 5.84. The number of nitrogens with zero attached hydrogens (tertiary/aromatic N) is 1. The van der Waals surface area contributed by atoms with Gasteiger partial charge in [-0.2, -0.15) is 0 Å². The predicted octanol–water partition coefficient (Wildman–Crippen LogP) is 2.29. The highest BCUT2D eigenvalue weighted by Crippen LogP contribution is 2.20. The minimum absolute atomic E-state index is 0.329. The van der Waals surface area contributed by atoms with Crippen LogP contribution in [0.5, 0.6) is 0 Å². The number of hydrogen-bond acceptors (Lipinski definition) is 3. The Morgan fingerprint density at radius 3 is 2.64 bits per heavy atom. The van der Waals surface area contributed by atoms with Crippen molar-refractivity contribution >= 4 is 6.29 Å². The third-order valence-corrected chi connectivity index (χ3v) is 1.84. The number of rotatable bonds is 2. The second-order valence-electron chi connectivity index (χ2n) is 2.74. The smallest absolute Gasteiger partial charge is 0.155 e. The Kier molecular flexibility index (Phi) is 2.10. The first-order valence-corrected chi connectivity index (χ1v) is 3.97. The summed E-state index contributed by atoms with van der Waals surface area (Å²) in [6.45, 7) is 0. The highest BCUT2D eigenvalue weighted by atomic mass is 19.1. The lowest BCUT2D eigenvalue weighted by Gasteiger charge is -1.95. The average molecular weight is 191 g/mol. The lowest BCUT2D eigenvalue weighted by Crippen LogP contribution is -1.84. The first-order valence-electron chi connectivity index (χ1n) is 3.97. The van der Waals surface area contributed by atoms with Gasteiger partial charge in [-0.3, -0.25) is 4.79 Å². The molecule has 0 saturated carbocycles. The van der Waals surface area contributed by atoms with Crippen LogP contribution in [0.1, 0.15) is 10.4 Å². The van der Waals surface area contributed by atoms with Crippen LogP contribution >= 0.6 is 0 Å². The zero-order valence-corrected chi connectivity index (χ0v) is 7.11. The maximum absolute atomic E-state index is 12.6. The van der Waals surface area contributed by atoms with Gasteiger partial charge in [0.25, 0.3) is 0 Å². The summed E-state index contributed by atoms with van der Waals surface area (Å²) in [7, 11) is 0. The molecule has 70 valence electrons. The van der Waals surface area contributed by atoms with Crippen molar-refractivity contribution in [1.29, 1.82) is 0 Å². The lowest BCUT2D eigenvalue weighted by atomic mass is 10.1. The number of aromatic nitrogens is 1. The van der Waals surface area contributed by atoms with Crippen molar-refractivity contribution in [3.05, 3.63) is 41.9 Å². The highest BCUT2D eigenvalue weighted by Gasteiger charge is 2.08. The van der Waals surface area contributed by atoms with Gasteiger partial charge in [-0.05, 0) is 24.3 Å². The van der Waals surface area contributed by atoms with Crippen molar-refractivity contribution in [3.8, 4) is 11.3 Å². The van der Waals surface area contributed by atoms with E-state index in [4.69, 9.17) is 0 Å². The van der Waals surface area contributed by atoms with E-state index < -0.39 is 0 Å². The molecule has 0 aliphatic rings. The number of aldehydes is 1. The third-order valence-electron chi connectivity index (χ3n) is 1.84. The summed E-state index contributed by atoms with van der Waals surface area (Å²) in [5, 5.41) is 3.66. The molecule has 14 heavy (non-hydrogen) atoms. The zero-order valence-electron chi connectivity index (χ0n) is 7.11. The lowest BCUT2D eigenvalue weighted by molar-refractivity contribution is 0.112. The number of carbonyl (C=O) groups is 1. The summed E-state index contributed by atoms with van der Waals surface area (Å²) < 4.78 is 17.2. The van der Waals surface area contributed by atoms with Gasteiger partial charge in [0.05, 0.1) is 5.56 Å².